The summed E-state index contributed by atoms with van der Waals surface area (Å²) in [6.45, 7) is 2.00. The van der Waals surface area contributed by atoms with Crippen molar-refractivity contribution in [1.29, 1.82) is 0 Å². The van der Waals surface area contributed by atoms with Crippen LogP contribution in [0.25, 0.3) is 0 Å². The van der Waals surface area contributed by atoms with Gasteiger partial charge in [0.1, 0.15) is 0 Å². The van der Waals surface area contributed by atoms with E-state index in [1.165, 1.54) is 0 Å². The lowest BCUT2D eigenvalue weighted by molar-refractivity contribution is 0.405. The maximum absolute atomic E-state index is 5.88. The van der Waals surface area contributed by atoms with Gasteiger partial charge in [-0.15, -0.1) is 0 Å². The number of nitrogens with zero attached hydrogens (tertiary/aromatic N) is 1. The van der Waals surface area contributed by atoms with Crippen LogP contribution in [0.2, 0.25) is 10.0 Å². The molecule has 0 aromatic heterocycles. The zero-order chi connectivity index (χ0) is 11.3. The summed E-state index contributed by atoms with van der Waals surface area (Å²) in [5.74, 6) is 0. The molecule has 0 fully saturated rings. The standard InChI is InChI=1S/C11H16Cl2N2/c1-15(2)5-3-4-14-11-7-9(12)6-10(13)8-11/h6-8,14H,3-5H2,1-2H3. The molecule has 84 valence electrons. The van der Waals surface area contributed by atoms with Crippen LogP contribution in [0.1, 0.15) is 6.42 Å². The van der Waals surface area contributed by atoms with Crippen LogP contribution in [0.4, 0.5) is 5.69 Å². The maximum Gasteiger partial charge on any atom is 0.0441 e. The smallest absolute Gasteiger partial charge is 0.0441 e. The van der Waals surface area contributed by atoms with E-state index in [-0.39, 0.29) is 0 Å². The summed E-state index contributed by atoms with van der Waals surface area (Å²) in [5.41, 5.74) is 0.978. The van der Waals surface area contributed by atoms with E-state index < -0.39 is 0 Å². The lowest BCUT2D eigenvalue weighted by Crippen LogP contribution is -2.16. The minimum Gasteiger partial charge on any atom is -0.385 e. The fourth-order valence-corrected chi connectivity index (χ4v) is 1.81. The second-order valence-corrected chi connectivity index (χ2v) is 4.61. The molecule has 0 spiro atoms. The third-order valence-electron chi connectivity index (χ3n) is 1.97. The average Bonchev–Trinajstić information content (AvgIpc) is 2.10. The third kappa shape index (κ3) is 5.26. The number of nitrogens with one attached hydrogen (secondary N) is 1. The zero-order valence-corrected chi connectivity index (χ0v) is 10.6. The summed E-state index contributed by atoms with van der Waals surface area (Å²) < 4.78 is 0. The summed E-state index contributed by atoms with van der Waals surface area (Å²) in [6.07, 6.45) is 1.09. The van der Waals surface area contributed by atoms with Crippen molar-refractivity contribution < 1.29 is 0 Å². The molecular formula is C11H16Cl2N2. The highest BCUT2D eigenvalue weighted by molar-refractivity contribution is 6.35. The minimum absolute atomic E-state index is 0.664. The Morgan fingerprint density at radius 3 is 2.27 bits per heavy atom. The first-order valence-electron chi connectivity index (χ1n) is 4.92. The van der Waals surface area contributed by atoms with E-state index in [2.05, 4.69) is 24.3 Å². The molecular weight excluding hydrogens is 231 g/mol. The van der Waals surface area contributed by atoms with Crippen LogP contribution in [-0.4, -0.2) is 32.1 Å². The Morgan fingerprint density at radius 1 is 1.13 bits per heavy atom. The molecule has 0 aliphatic carbocycles. The molecule has 0 amide bonds. The summed E-state index contributed by atoms with van der Waals surface area (Å²) in [5, 5.41) is 4.62. The van der Waals surface area contributed by atoms with Crippen LogP contribution in [0, 0.1) is 0 Å². The summed E-state index contributed by atoms with van der Waals surface area (Å²) in [4.78, 5) is 2.16. The molecule has 1 N–H and O–H groups in total. The molecule has 0 saturated carbocycles. The molecule has 1 aromatic rings. The van der Waals surface area contributed by atoms with Crippen molar-refractivity contribution in [2.24, 2.45) is 0 Å². The number of hydrogen-bond acceptors (Lipinski definition) is 2. The summed E-state index contributed by atoms with van der Waals surface area (Å²) in [7, 11) is 4.13. The molecule has 2 nitrogen and oxygen atoms in total. The first-order valence-corrected chi connectivity index (χ1v) is 5.68. The molecule has 0 heterocycles. The van der Waals surface area contributed by atoms with Crippen molar-refractivity contribution in [1.82, 2.24) is 4.90 Å². The Labute approximate surface area is 101 Å². The Kier molecular flexibility index (Phi) is 5.23. The van der Waals surface area contributed by atoms with Crippen molar-refractivity contribution in [3.05, 3.63) is 28.2 Å². The summed E-state index contributed by atoms with van der Waals surface area (Å²) in [6, 6.07) is 5.49. The van der Waals surface area contributed by atoms with Crippen LogP contribution in [-0.2, 0) is 0 Å². The normalized spacial score (nSPS) is 10.7. The van der Waals surface area contributed by atoms with E-state index >= 15 is 0 Å². The van der Waals surface area contributed by atoms with Gasteiger partial charge in [0.15, 0.2) is 0 Å². The number of rotatable bonds is 5. The Balaban J connectivity index is 2.37. The van der Waals surface area contributed by atoms with Crippen LogP contribution in [0.5, 0.6) is 0 Å². The summed E-state index contributed by atoms with van der Waals surface area (Å²) >= 11 is 11.8. The number of anilines is 1. The van der Waals surface area contributed by atoms with Gasteiger partial charge in [-0.2, -0.15) is 0 Å². The van der Waals surface area contributed by atoms with Crippen LogP contribution in [0.3, 0.4) is 0 Å². The van der Waals surface area contributed by atoms with Crippen molar-refractivity contribution in [3.8, 4) is 0 Å². The van der Waals surface area contributed by atoms with Crippen LogP contribution >= 0.6 is 23.2 Å². The molecule has 1 aromatic carbocycles. The maximum atomic E-state index is 5.88. The number of benzene rings is 1. The van der Waals surface area contributed by atoms with Crippen molar-refractivity contribution in [3.63, 3.8) is 0 Å². The second-order valence-electron chi connectivity index (χ2n) is 3.74. The molecule has 1 rings (SSSR count). The first kappa shape index (κ1) is 12.6. The molecule has 0 radical (unpaired) electrons. The van der Waals surface area contributed by atoms with Gasteiger partial charge in [-0.1, -0.05) is 23.2 Å². The highest BCUT2D eigenvalue weighted by Gasteiger charge is 1.97. The minimum atomic E-state index is 0.664. The SMILES string of the molecule is CN(C)CCCNc1cc(Cl)cc(Cl)c1. The van der Waals surface area contributed by atoms with E-state index in [9.17, 15) is 0 Å². The van der Waals surface area contributed by atoms with E-state index in [1.54, 1.807) is 6.07 Å². The van der Waals surface area contributed by atoms with E-state index in [4.69, 9.17) is 23.2 Å². The second kappa shape index (κ2) is 6.21. The quantitative estimate of drug-likeness (QED) is 0.802. The van der Waals surface area contributed by atoms with Gasteiger partial charge >= 0.3 is 0 Å². The molecule has 0 bridgehead atoms. The Bertz CT molecular complexity index is 293. The Morgan fingerprint density at radius 2 is 1.73 bits per heavy atom. The predicted molar refractivity (Wildman–Crippen MR) is 68.1 cm³/mol. The van der Waals surface area contributed by atoms with Gasteiger partial charge in [0, 0.05) is 22.3 Å². The van der Waals surface area contributed by atoms with E-state index in [1.807, 2.05) is 12.1 Å². The lowest BCUT2D eigenvalue weighted by atomic mass is 10.3. The molecule has 15 heavy (non-hydrogen) atoms. The van der Waals surface area contributed by atoms with Gasteiger partial charge in [0.05, 0.1) is 0 Å². The molecule has 4 heteroatoms. The van der Waals surface area contributed by atoms with Gasteiger partial charge in [0.25, 0.3) is 0 Å². The predicted octanol–water partition coefficient (Wildman–Crippen LogP) is 3.36. The molecule has 0 saturated heterocycles. The van der Waals surface area contributed by atoms with Gasteiger partial charge < -0.3 is 10.2 Å². The van der Waals surface area contributed by atoms with Gasteiger partial charge in [-0.25, -0.2) is 0 Å². The fraction of sp³-hybridized carbons (Fsp3) is 0.455. The molecule has 0 aliphatic heterocycles. The van der Waals surface area contributed by atoms with E-state index in [0.29, 0.717) is 10.0 Å². The van der Waals surface area contributed by atoms with Crippen LogP contribution < -0.4 is 5.32 Å². The Hall–Kier alpha value is -0.440. The first-order chi connectivity index (χ1) is 7.08. The van der Waals surface area contributed by atoms with Crippen molar-refractivity contribution in [2.45, 2.75) is 6.42 Å². The fourth-order valence-electron chi connectivity index (χ4n) is 1.28. The highest BCUT2D eigenvalue weighted by Crippen LogP contribution is 2.22. The topological polar surface area (TPSA) is 15.3 Å². The molecule has 0 aliphatic rings. The lowest BCUT2D eigenvalue weighted by Gasteiger charge is -2.11. The van der Waals surface area contributed by atoms with Gasteiger partial charge in [-0.05, 0) is 45.3 Å². The van der Waals surface area contributed by atoms with Gasteiger partial charge in [0.2, 0.25) is 0 Å². The van der Waals surface area contributed by atoms with Gasteiger partial charge in [-0.3, -0.25) is 0 Å². The largest absolute Gasteiger partial charge is 0.385 e. The van der Waals surface area contributed by atoms with Crippen molar-refractivity contribution >= 4 is 28.9 Å². The highest BCUT2D eigenvalue weighted by atomic mass is 35.5. The number of halogens is 2. The molecule has 0 unspecified atom stereocenters. The van der Waals surface area contributed by atoms with Crippen molar-refractivity contribution in [2.75, 3.05) is 32.5 Å². The average molecular weight is 247 g/mol. The monoisotopic (exact) mass is 246 g/mol. The number of hydrogen-bond donors (Lipinski definition) is 1. The molecule has 0 atom stereocenters. The van der Waals surface area contributed by atoms with E-state index in [0.717, 1.165) is 25.2 Å². The zero-order valence-electron chi connectivity index (χ0n) is 9.06. The third-order valence-corrected chi connectivity index (χ3v) is 2.41. The van der Waals surface area contributed by atoms with Crippen LogP contribution in [0.15, 0.2) is 18.2 Å².